The van der Waals surface area contributed by atoms with E-state index in [1.54, 1.807) is 23.7 Å². The minimum Gasteiger partial charge on any atom is -0.375 e. The number of nitrogens with two attached hydrogens (primary N) is 1. The summed E-state index contributed by atoms with van der Waals surface area (Å²) in [6.45, 7) is 2.79. The summed E-state index contributed by atoms with van der Waals surface area (Å²) in [7, 11) is 0. The molecule has 0 atom stereocenters. The number of aromatic nitrogens is 3. The Hall–Kier alpha value is -2.21. The van der Waals surface area contributed by atoms with Crippen LogP contribution in [-0.4, -0.2) is 21.5 Å². The van der Waals surface area contributed by atoms with Gasteiger partial charge in [0.25, 0.3) is 0 Å². The lowest BCUT2D eigenvalue weighted by atomic mass is 10.2. The standard InChI is InChI=1S/C14H15N5S/c1-9-12(20-14(15)19-9)4-7-18-13-11-3-5-16-8-10(11)2-6-17-13/h2-3,5-6,8H,4,7H2,1H3,(H2,15,19)(H,17,18). The summed E-state index contributed by atoms with van der Waals surface area (Å²) >= 11 is 1.55. The summed E-state index contributed by atoms with van der Waals surface area (Å²) in [5.41, 5.74) is 6.72. The Labute approximate surface area is 120 Å². The molecule has 0 amide bonds. The monoisotopic (exact) mass is 285 g/mol. The zero-order chi connectivity index (χ0) is 13.9. The molecule has 0 bridgehead atoms. The summed E-state index contributed by atoms with van der Waals surface area (Å²) < 4.78 is 0. The maximum atomic E-state index is 5.70. The fraction of sp³-hybridized carbons (Fsp3) is 0.214. The molecule has 3 aromatic rings. The van der Waals surface area contributed by atoms with Crippen LogP contribution in [0.2, 0.25) is 0 Å². The highest BCUT2D eigenvalue weighted by Gasteiger charge is 2.06. The number of anilines is 2. The fourth-order valence-electron chi connectivity index (χ4n) is 2.13. The maximum absolute atomic E-state index is 5.70. The van der Waals surface area contributed by atoms with E-state index in [9.17, 15) is 0 Å². The van der Waals surface area contributed by atoms with Gasteiger partial charge in [0, 0.05) is 47.2 Å². The number of rotatable bonds is 4. The molecule has 3 aromatic heterocycles. The van der Waals surface area contributed by atoms with E-state index >= 15 is 0 Å². The molecule has 0 saturated heterocycles. The van der Waals surface area contributed by atoms with Crippen molar-refractivity contribution in [1.29, 1.82) is 0 Å². The molecule has 0 aliphatic heterocycles. The molecule has 0 radical (unpaired) electrons. The van der Waals surface area contributed by atoms with E-state index < -0.39 is 0 Å². The second-order valence-electron chi connectivity index (χ2n) is 4.49. The highest BCUT2D eigenvalue weighted by atomic mass is 32.1. The lowest BCUT2D eigenvalue weighted by Crippen LogP contribution is -2.06. The van der Waals surface area contributed by atoms with Gasteiger partial charge >= 0.3 is 0 Å². The first-order valence-corrected chi connectivity index (χ1v) is 7.20. The molecule has 0 spiro atoms. The smallest absolute Gasteiger partial charge is 0.180 e. The van der Waals surface area contributed by atoms with Crippen molar-refractivity contribution in [2.24, 2.45) is 0 Å². The van der Waals surface area contributed by atoms with Crippen LogP contribution >= 0.6 is 11.3 Å². The Bertz CT molecular complexity index is 732. The van der Waals surface area contributed by atoms with Crippen LogP contribution in [0.15, 0.2) is 30.7 Å². The number of pyridine rings is 2. The van der Waals surface area contributed by atoms with Crippen molar-refractivity contribution in [2.45, 2.75) is 13.3 Å². The van der Waals surface area contributed by atoms with Gasteiger partial charge in [-0.1, -0.05) is 0 Å². The molecule has 0 aromatic carbocycles. The molecule has 0 saturated carbocycles. The molecule has 3 N–H and O–H groups in total. The predicted octanol–water partition coefficient (Wildman–Crippen LogP) is 2.63. The van der Waals surface area contributed by atoms with Gasteiger partial charge in [0.2, 0.25) is 0 Å². The van der Waals surface area contributed by atoms with Gasteiger partial charge in [-0.15, -0.1) is 11.3 Å². The molecule has 3 heterocycles. The Morgan fingerprint density at radius 1 is 1.30 bits per heavy atom. The lowest BCUT2D eigenvalue weighted by molar-refractivity contribution is 1.01. The van der Waals surface area contributed by atoms with E-state index in [-0.39, 0.29) is 0 Å². The van der Waals surface area contributed by atoms with E-state index in [1.807, 2.05) is 25.3 Å². The van der Waals surface area contributed by atoms with Crippen LogP contribution < -0.4 is 11.1 Å². The van der Waals surface area contributed by atoms with E-state index in [0.29, 0.717) is 5.13 Å². The fourth-order valence-corrected chi connectivity index (χ4v) is 2.97. The Morgan fingerprint density at radius 2 is 2.20 bits per heavy atom. The van der Waals surface area contributed by atoms with Gasteiger partial charge in [-0.25, -0.2) is 9.97 Å². The summed E-state index contributed by atoms with van der Waals surface area (Å²) in [6, 6.07) is 3.93. The van der Waals surface area contributed by atoms with Gasteiger partial charge in [-0.2, -0.15) is 0 Å². The van der Waals surface area contributed by atoms with Crippen LogP contribution in [0.5, 0.6) is 0 Å². The van der Waals surface area contributed by atoms with E-state index in [0.717, 1.165) is 35.2 Å². The lowest BCUT2D eigenvalue weighted by Gasteiger charge is -2.07. The molecular formula is C14H15N5S. The number of nitrogen functional groups attached to an aromatic ring is 1. The topological polar surface area (TPSA) is 76.7 Å². The molecule has 0 aliphatic rings. The number of nitrogens with one attached hydrogen (secondary N) is 1. The number of aryl methyl sites for hydroxylation is 1. The molecule has 5 nitrogen and oxygen atoms in total. The van der Waals surface area contributed by atoms with Crippen LogP contribution in [-0.2, 0) is 6.42 Å². The third kappa shape index (κ3) is 2.55. The van der Waals surface area contributed by atoms with Crippen LogP contribution in [0, 0.1) is 6.92 Å². The first-order chi connectivity index (χ1) is 9.74. The van der Waals surface area contributed by atoms with Gasteiger partial charge in [0.15, 0.2) is 5.13 Å². The molecule has 6 heteroatoms. The van der Waals surface area contributed by atoms with Crippen molar-refractivity contribution in [2.75, 3.05) is 17.6 Å². The van der Waals surface area contributed by atoms with E-state index in [4.69, 9.17) is 5.73 Å². The summed E-state index contributed by atoms with van der Waals surface area (Å²) in [4.78, 5) is 14.0. The summed E-state index contributed by atoms with van der Waals surface area (Å²) in [5, 5.41) is 6.18. The normalized spacial score (nSPS) is 10.8. The van der Waals surface area contributed by atoms with Crippen molar-refractivity contribution in [1.82, 2.24) is 15.0 Å². The second-order valence-corrected chi connectivity index (χ2v) is 5.61. The van der Waals surface area contributed by atoms with E-state index in [1.165, 1.54) is 4.88 Å². The molecule has 0 unspecified atom stereocenters. The predicted molar refractivity (Wildman–Crippen MR) is 83.0 cm³/mol. The second kappa shape index (κ2) is 5.42. The minimum atomic E-state index is 0.631. The third-order valence-electron chi connectivity index (χ3n) is 3.12. The first kappa shape index (κ1) is 12.8. The van der Waals surface area contributed by atoms with Crippen molar-refractivity contribution in [3.05, 3.63) is 41.3 Å². The van der Waals surface area contributed by atoms with Gasteiger partial charge < -0.3 is 11.1 Å². The highest BCUT2D eigenvalue weighted by molar-refractivity contribution is 7.15. The molecule has 20 heavy (non-hydrogen) atoms. The zero-order valence-corrected chi connectivity index (χ0v) is 11.9. The minimum absolute atomic E-state index is 0.631. The number of nitrogens with zero attached hydrogens (tertiary/aromatic N) is 3. The largest absolute Gasteiger partial charge is 0.375 e. The Morgan fingerprint density at radius 3 is 3.00 bits per heavy atom. The average Bonchev–Trinajstić information content (AvgIpc) is 2.77. The molecule has 0 fully saturated rings. The van der Waals surface area contributed by atoms with Gasteiger partial charge in [-0.3, -0.25) is 4.98 Å². The molecular weight excluding hydrogens is 270 g/mol. The van der Waals surface area contributed by atoms with Crippen LogP contribution in [0.1, 0.15) is 10.6 Å². The van der Waals surface area contributed by atoms with Crippen LogP contribution in [0.4, 0.5) is 10.9 Å². The number of hydrogen-bond donors (Lipinski definition) is 2. The summed E-state index contributed by atoms with van der Waals surface area (Å²) in [5.74, 6) is 0.889. The molecule has 0 aliphatic carbocycles. The van der Waals surface area contributed by atoms with Crippen molar-refractivity contribution >= 4 is 33.1 Å². The average molecular weight is 285 g/mol. The third-order valence-corrected chi connectivity index (χ3v) is 4.16. The first-order valence-electron chi connectivity index (χ1n) is 6.38. The van der Waals surface area contributed by atoms with Crippen molar-refractivity contribution in [3.8, 4) is 0 Å². The van der Waals surface area contributed by atoms with Crippen LogP contribution in [0.3, 0.4) is 0 Å². The summed E-state index contributed by atoms with van der Waals surface area (Å²) in [6.07, 6.45) is 6.31. The number of hydrogen-bond acceptors (Lipinski definition) is 6. The van der Waals surface area contributed by atoms with E-state index in [2.05, 4.69) is 20.3 Å². The number of thiazole rings is 1. The van der Waals surface area contributed by atoms with Gasteiger partial charge in [0.1, 0.15) is 5.82 Å². The Kier molecular flexibility index (Phi) is 3.47. The Balaban J connectivity index is 1.73. The molecule has 3 rings (SSSR count). The van der Waals surface area contributed by atoms with Crippen molar-refractivity contribution in [3.63, 3.8) is 0 Å². The van der Waals surface area contributed by atoms with Gasteiger partial charge in [-0.05, 0) is 19.1 Å². The quantitative estimate of drug-likeness (QED) is 0.770. The van der Waals surface area contributed by atoms with Gasteiger partial charge in [0.05, 0.1) is 5.69 Å². The van der Waals surface area contributed by atoms with Crippen molar-refractivity contribution < 1.29 is 0 Å². The van der Waals surface area contributed by atoms with Crippen LogP contribution in [0.25, 0.3) is 10.8 Å². The SMILES string of the molecule is Cc1nc(N)sc1CCNc1nccc2cnccc12. The maximum Gasteiger partial charge on any atom is 0.180 e. The molecule has 102 valence electrons. The highest BCUT2D eigenvalue weighted by Crippen LogP contribution is 2.22. The zero-order valence-electron chi connectivity index (χ0n) is 11.1. The number of fused-ring (bicyclic) bond motifs is 1.